The van der Waals surface area contributed by atoms with E-state index < -0.39 is 0 Å². The maximum Gasteiger partial charge on any atom is 0.0820 e. The highest BCUT2D eigenvalue weighted by atomic mass is 35.5. The Hall–Kier alpha value is -0.760. The van der Waals surface area contributed by atoms with Crippen LogP contribution in [0.3, 0.4) is 0 Å². The summed E-state index contributed by atoms with van der Waals surface area (Å²) in [7, 11) is 0. The van der Waals surface area contributed by atoms with Crippen molar-refractivity contribution in [3.8, 4) is 0 Å². The molecule has 0 atom stereocenters. The number of hydrogen-bond acceptors (Lipinski definition) is 2. The quantitative estimate of drug-likeness (QED) is 0.843. The van der Waals surface area contributed by atoms with Crippen molar-refractivity contribution in [2.75, 3.05) is 11.9 Å². The number of aromatic nitrogens is 1. The highest BCUT2D eigenvalue weighted by Gasteiger charge is 2.14. The van der Waals surface area contributed by atoms with Gasteiger partial charge in [-0.05, 0) is 18.4 Å². The van der Waals surface area contributed by atoms with Crippen LogP contribution in [-0.2, 0) is 0 Å². The van der Waals surface area contributed by atoms with Gasteiger partial charge in [-0.1, -0.05) is 37.3 Å². The lowest BCUT2D eigenvalue weighted by atomic mass is 10.0. The van der Waals surface area contributed by atoms with Gasteiger partial charge in [-0.25, -0.2) is 0 Å². The Labute approximate surface area is 96.1 Å². The lowest BCUT2D eigenvalue weighted by Gasteiger charge is -2.11. The fourth-order valence-electron chi connectivity index (χ4n) is 2.23. The summed E-state index contributed by atoms with van der Waals surface area (Å²) in [6.45, 7) is 1.02. The Morgan fingerprint density at radius 1 is 1.40 bits per heavy atom. The predicted octanol–water partition coefficient (Wildman–Crippen LogP) is 3.73. The predicted molar refractivity (Wildman–Crippen MR) is 64.3 cm³/mol. The Morgan fingerprint density at radius 3 is 2.93 bits per heavy atom. The molecule has 0 aromatic carbocycles. The molecule has 1 N–H and O–H groups in total. The molecule has 1 aliphatic carbocycles. The summed E-state index contributed by atoms with van der Waals surface area (Å²) in [5, 5.41) is 4.08. The average Bonchev–Trinajstić information content (AvgIpc) is 2.74. The van der Waals surface area contributed by atoms with Crippen LogP contribution in [0.2, 0.25) is 5.02 Å². The van der Waals surface area contributed by atoms with Crippen LogP contribution >= 0.6 is 11.6 Å². The molecule has 1 aliphatic rings. The van der Waals surface area contributed by atoms with Gasteiger partial charge in [0.1, 0.15) is 0 Å². The normalized spacial score (nSPS) is 16.9. The SMILES string of the molecule is Clc1cnccc1NCCC1CCCC1. The first-order chi connectivity index (χ1) is 7.36. The molecule has 3 heteroatoms. The molecule has 2 nitrogen and oxygen atoms in total. The molecule has 0 bridgehead atoms. The molecule has 1 aromatic heterocycles. The maximum atomic E-state index is 5.99. The minimum Gasteiger partial charge on any atom is -0.384 e. The summed E-state index contributed by atoms with van der Waals surface area (Å²) in [6, 6.07) is 1.93. The van der Waals surface area contributed by atoms with E-state index in [0.717, 1.165) is 18.2 Å². The van der Waals surface area contributed by atoms with Crippen LogP contribution in [0.25, 0.3) is 0 Å². The van der Waals surface area contributed by atoms with Crippen molar-refractivity contribution in [1.29, 1.82) is 0 Å². The van der Waals surface area contributed by atoms with Crippen LogP contribution in [0.5, 0.6) is 0 Å². The summed E-state index contributed by atoms with van der Waals surface area (Å²) < 4.78 is 0. The van der Waals surface area contributed by atoms with E-state index in [1.165, 1.54) is 32.1 Å². The third kappa shape index (κ3) is 3.10. The van der Waals surface area contributed by atoms with Gasteiger partial charge in [-0.15, -0.1) is 0 Å². The molecule has 82 valence electrons. The van der Waals surface area contributed by atoms with Crippen molar-refractivity contribution >= 4 is 17.3 Å². The topological polar surface area (TPSA) is 24.9 Å². The number of hydrogen-bond donors (Lipinski definition) is 1. The largest absolute Gasteiger partial charge is 0.384 e. The van der Waals surface area contributed by atoms with Gasteiger partial charge >= 0.3 is 0 Å². The minimum atomic E-state index is 0.712. The summed E-state index contributed by atoms with van der Waals surface area (Å²) in [5.41, 5.74) is 1.00. The summed E-state index contributed by atoms with van der Waals surface area (Å²) in [5.74, 6) is 0.929. The third-order valence-electron chi connectivity index (χ3n) is 3.12. The molecule has 0 spiro atoms. The molecule has 0 aliphatic heterocycles. The number of halogens is 1. The van der Waals surface area contributed by atoms with Gasteiger partial charge in [-0.2, -0.15) is 0 Å². The Bertz CT molecular complexity index is 308. The second-order valence-electron chi connectivity index (χ2n) is 4.22. The zero-order valence-electron chi connectivity index (χ0n) is 8.88. The molecule has 15 heavy (non-hydrogen) atoms. The van der Waals surface area contributed by atoms with E-state index in [1.807, 2.05) is 6.07 Å². The number of rotatable bonds is 4. The van der Waals surface area contributed by atoms with E-state index in [2.05, 4.69) is 10.3 Å². The Balaban J connectivity index is 1.75. The average molecular weight is 225 g/mol. The van der Waals surface area contributed by atoms with Gasteiger partial charge < -0.3 is 5.32 Å². The van der Waals surface area contributed by atoms with Crippen LogP contribution in [0.1, 0.15) is 32.1 Å². The highest BCUT2D eigenvalue weighted by molar-refractivity contribution is 6.33. The monoisotopic (exact) mass is 224 g/mol. The van der Waals surface area contributed by atoms with E-state index in [0.29, 0.717) is 5.02 Å². The summed E-state index contributed by atoms with van der Waals surface area (Å²) in [6.07, 6.45) is 10.4. The Morgan fingerprint density at radius 2 is 2.20 bits per heavy atom. The highest BCUT2D eigenvalue weighted by Crippen LogP contribution is 2.27. The van der Waals surface area contributed by atoms with Crippen LogP contribution in [0, 0.1) is 5.92 Å². The zero-order chi connectivity index (χ0) is 10.5. The lowest BCUT2D eigenvalue weighted by Crippen LogP contribution is -2.06. The first-order valence-electron chi connectivity index (χ1n) is 5.69. The molecule has 1 fully saturated rings. The zero-order valence-corrected chi connectivity index (χ0v) is 9.63. The van der Waals surface area contributed by atoms with Crippen LogP contribution in [-0.4, -0.2) is 11.5 Å². The van der Waals surface area contributed by atoms with Gasteiger partial charge in [0, 0.05) is 18.9 Å². The fraction of sp³-hybridized carbons (Fsp3) is 0.583. The summed E-state index contributed by atoms with van der Waals surface area (Å²) >= 11 is 5.99. The smallest absolute Gasteiger partial charge is 0.0820 e. The van der Waals surface area contributed by atoms with Gasteiger partial charge in [0.15, 0.2) is 0 Å². The van der Waals surface area contributed by atoms with Gasteiger partial charge in [0.25, 0.3) is 0 Å². The van der Waals surface area contributed by atoms with Gasteiger partial charge in [0.2, 0.25) is 0 Å². The van der Waals surface area contributed by atoms with E-state index >= 15 is 0 Å². The third-order valence-corrected chi connectivity index (χ3v) is 3.42. The standard InChI is InChI=1S/C12H17ClN2/c13-11-9-14-7-6-12(11)15-8-5-10-3-1-2-4-10/h6-7,9-10H,1-5,8H2,(H,14,15). The van der Waals surface area contributed by atoms with Crippen molar-refractivity contribution in [1.82, 2.24) is 4.98 Å². The van der Waals surface area contributed by atoms with Gasteiger partial charge in [-0.3, -0.25) is 4.98 Å². The number of anilines is 1. The van der Waals surface area contributed by atoms with Crippen molar-refractivity contribution in [3.63, 3.8) is 0 Å². The number of pyridine rings is 1. The molecule has 0 saturated heterocycles. The molecule has 1 heterocycles. The second kappa shape index (κ2) is 5.36. The number of nitrogens with zero attached hydrogens (tertiary/aromatic N) is 1. The Kier molecular flexibility index (Phi) is 3.84. The van der Waals surface area contributed by atoms with E-state index in [4.69, 9.17) is 11.6 Å². The van der Waals surface area contributed by atoms with Crippen LogP contribution in [0.15, 0.2) is 18.5 Å². The van der Waals surface area contributed by atoms with E-state index in [9.17, 15) is 0 Å². The summed E-state index contributed by atoms with van der Waals surface area (Å²) in [4.78, 5) is 3.96. The maximum absolute atomic E-state index is 5.99. The van der Waals surface area contributed by atoms with Crippen molar-refractivity contribution < 1.29 is 0 Å². The van der Waals surface area contributed by atoms with Crippen molar-refractivity contribution in [3.05, 3.63) is 23.5 Å². The molecule has 1 saturated carbocycles. The van der Waals surface area contributed by atoms with Crippen LogP contribution < -0.4 is 5.32 Å². The minimum absolute atomic E-state index is 0.712. The van der Waals surface area contributed by atoms with Crippen molar-refractivity contribution in [2.24, 2.45) is 5.92 Å². The van der Waals surface area contributed by atoms with Crippen LogP contribution in [0.4, 0.5) is 5.69 Å². The second-order valence-corrected chi connectivity index (χ2v) is 4.63. The van der Waals surface area contributed by atoms with Gasteiger partial charge in [0.05, 0.1) is 10.7 Å². The fourth-order valence-corrected chi connectivity index (χ4v) is 2.41. The first-order valence-corrected chi connectivity index (χ1v) is 6.07. The molecular weight excluding hydrogens is 208 g/mol. The molecule has 1 aromatic rings. The molecule has 0 amide bonds. The molecular formula is C12H17ClN2. The number of nitrogens with one attached hydrogen (secondary N) is 1. The lowest BCUT2D eigenvalue weighted by molar-refractivity contribution is 0.518. The van der Waals surface area contributed by atoms with E-state index in [-0.39, 0.29) is 0 Å². The molecule has 0 radical (unpaired) electrons. The molecule has 0 unspecified atom stereocenters. The van der Waals surface area contributed by atoms with E-state index in [1.54, 1.807) is 12.4 Å². The molecule has 2 rings (SSSR count). The van der Waals surface area contributed by atoms with Crippen molar-refractivity contribution in [2.45, 2.75) is 32.1 Å². The first kappa shape index (κ1) is 10.7.